The number of hydrogen-bond donors (Lipinski definition) is 1. The van der Waals surface area contributed by atoms with Crippen LogP contribution in [-0.4, -0.2) is 60.1 Å². The highest BCUT2D eigenvalue weighted by Gasteiger charge is 2.09. The summed E-state index contributed by atoms with van der Waals surface area (Å²) >= 11 is 5.95. The van der Waals surface area contributed by atoms with E-state index < -0.39 is 0 Å². The Morgan fingerprint density at radius 2 is 1.75 bits per heavy atom. The van der Waals surface area contributed by atoms with Crippen LogP contribution in [0.15, 0.2) is 0 Å². The van der Waals surface area contributed by atoms with Crippen molar-refractivity contribution in [1.29, 1.82) is 0 Å². The first-order valence-electron chi connectivity index (χ1n) is 7.12. The smallest absolute Gasteiger partial charge is 0.231 e. The monoisotopic (exact) mass is 300 g/mol. The average Bonchev–Trinajstić information content (AvgIpc) is 2.39. The molecule has 0 amide bonds. The highest BCUT2D eigenvalue weighted by Crippen LogP contribution is 2.13. The molecule has 0 aliphatic carbocycles. The molecular weight excluding hydrogens is 276 g/mol. The molecule has 0 saturated heterocycles. The number of hydrogen-bond acceptors (Lipinski definition) is 6. The fourth-order valence-corrected chi connectivity index (χ4v) is 1.98. The SMILES string of the molecule is CCN(CC)c1nc(Cl)nc(NCCCCN(C)C)n1. The van der Waals surface area contributed by atoms with E-state index in [9.17, 15) is 0 Å². The highest BCUT2D eigenvalue weighted by molar-refractivity contribution is 6.28. The maximum atomic E-state index is 5.95. The van der Waals surface area contributed by atoms with Crippen molar-refractivity contribution >= 4 is 23.5 Å². The summed E-state index contributed by atoms with van der Waals surface area (Å²) in [6.45, 7) is 7.75. The van der Waals surface area contributed by atoms with Crippen molar-refractivity contribution in [2.75, 3.05) is 50.5 Å². The van der Waals surface area contributed by atoms with E-state index in [1.807, 2.05) is 4.90 Å². The molecule has 1 aromatic heterocycles. The van der Waals surface area contributed by atoms with Gasteiger partial charge in [-0.25, -0.2) is 0 Å². The van der Waals surface area contributed by atoms with Crippen LogP contribution < -0.4 is 10.2 Å². The summed E-state index contributed by atoms with van der Waals surface area (Å²) in [6, 6.07) is 0. The van der Waals surface area contributed by atoms with Gasteiger partial charge in [0.25, 0.3) is 0 Å². The van der Waals surface area contributed by atoms with Crippen molar-refractivity contribution in [2.45, 2.75) is 26.7 Å². The third-order valence-electron chi connectivity index (χ3n) is 2.96. The Morgan fingerprint density at radius 3 is 2.35 bits per heavy atom. The van der Waals surface area contributed by atoms with E-state index in [2.05, 4.69) is 53.1 Å². The Balaban J connectivity index is 2.53. The van der Waals surface area contributed by atoms with Gasteiger partial charge in [-0.1, -0.05) is 0 Å². The van der Waals surface area contributed by atoms with E-state index in [0.29, 0.717) is 11.9 Å². The van der Waals surface area contributed by atoms with Gasteiger partial charge < -0.3 is 15.1 Å². The van der Waals surface area contributed by atoms with Crippen LogP contribution in [0.4, 0.5) is 11.9 Å². The van der Waals surface area contributed by atoms with E-state index in [0.717, 1.165) is 39.0 Å². The van der Waals surface area contributed by atoms with Gasteiger partial charge in [-0.15, -0.1) is 0 Å². The highest BCUT2D eigenvalue weighted by atomic mass is 35.5. The third kappa shape index (κ3) is 5.88. The Labute approximate surface area is 126 Å². The molecule has 0 atom stereocenters. The summed E-state index contributed by atoms with van der Waals surface area (Å²) < 4.78 is 0. The number of nitrogens with zero attached hydrogens (tertiary/aromatic N) is 5. The first kappa shape index (κ1) is 16.9. The zero-order valence-electron chi connectivity index (χ0n) is 12.9. The molecule has 7 heteroatoms. The van der Waals surface area contributed by atoms with E-state index in [1.165, 1.54) is 0 Å². The molecule has 0 spiro atoms. The summed E-state index contributed by atoms with van der Waals surface area (Å²) in [5.41, 5.74) is 0. The largest absolute Gasteiger partial charge is 0.354 e. The Kier molecular flexibility index (Phi) is 7.54. The topological polar surface area (TPSA) is 57.2 Å². The van der Waals surface area contributed by atoms with Gasteiger partial charge in [0.2, 0.25) is 17.2 Å². The van der Waals surface area contributed by atoms with Crippen molar-refractivity contribution in [3.63, 3.8) is 0 Å². The first-order chi connectivity index (χ1) is 9.56. The molecule has 0 fully saturated rings. The second-order valence-corrected chi connectivity index (χ2v) is 5.18. The summed E-state index contributed by atoms with van der Waals surface area (Å²) in [5, 5.41) is 3.44. The van der Waals surface area contributed by atoms with Crippen LogP contribution in [-0.2, 0) is 0 Å². The molecule has 0 bridgehead atoms. The van der Waals surface area contributed by atoms with Crippen LogP contribution in [0.5, 0.6) is 0 Å². The number of unbranched alkanes of at least 4 members (excludes halogenated alkanes) is 1. The number of halogens is 1. The first-order valence-corrected chi connectivity index (χ1v) is 7.49. The normalized spacial score (nSPS) is 10.9. The van der Waals surface area contributed by atoms with Crippen LogP contribution in [0.25, 0.3) is 0 Å². The Bertz CT molecular complexity index is 394. The molecule has 0 unspecified atom stereocenters. The fraction of sp³-hybridized carbons (Fsp3) is 0.769. The second kappa shape index (κ2) is 8.92. The van der Waals surface area contributed by atoms with Gasteiger partial charge in [0.1, 0.15) is 0 Å². The summed E-state index contributed by atoms with van der Waals surface area (Å²) in [7, 11) is 4.16. The van der Waals surface area contributed by atoms with Crippen molar-refractivity contribution in [3.05, 3.63) is 5.28 Å². The third-order valence-corrected chi connectivity index (χ3v) is 3.13. The Hall–Kier alpha value is -1.14. The van der Waals surface area contributed by atoms with Crippen molar-refractivity contribution in [1.82, 2.24) is 19.9 Å². The lowest BCUT2D eigenvalue weighted by atomic mass is 10.3. The molecule has 6 nitrogen and oxygen atoms in total. The minimum absolute atomic E-state index is 0.234. The molecule has 0 saturated carbocycles. The lowest BCUT2D eigenvalue weighted by molar-refractivity contribution is 0.396. The minimum atomic E-state index is 0.234. The van der Waals surface area contributed by atoms with E-state index in [-0.39, 0.29) is 5.28 Å². The molecule has 0 aromatic carbocycles. The van der Waals surface area contributed by atoms with Gasteiger partial charge in [-0.05, 0) is 58.9 Å². The maximum absolute atomic E-state index is 5.95. The molecule has 20 heavy (non-hydrogen) atoms. The fourth-order valence-electron chi connectivity index (χ4n) is 1.82. The Morgan fingerprint density at radius 1 is 1.05 bits per heavy atom. The van der Waals surface area contributed by atoms with E-state index in [4.69, 9.17) is 11.6 Å². The number of anilines is 2. The van der Waals surface area contributed by atoms with E-state index in [1.54, 1.807) is 0 Å². The standard InChI is InChI=1S/C13H25ClN6/c1-5-20(6-2)13-17-11(14)16-12(18-13)15-9-7-8-10-19(3)4/h5-10H2,1-4H3,(H,15,16,17,18). The van der Waals surface area contributed by atoms with Crippen LogP contribution >= 0.6 is 11.6 Å². The van der Waals surface area contributed by atoms with Crippen LogP contribution in [0.1, 0.15) is 26.7 Å². The number of aromatic nitrogens is 3. The van der Waals surface area contributed by atoms with Gasteiger partial charge in [-0.2, -0.15) is 15.0 Å². The second-order valence-electron chi connectivity index (χ2n) is 4.84. The average molecular weight is 301 g/mol. The van der Waals surface area contributed by atoms with Crippen molar-refractivity contribution < 1.29 is 0 Å². The molecular formula is C13H25ClN6. The van der Waals surface area contributed by atoms with Gasteiger partial charge in [0, 0.05) is 19.6 Å². The number of rotatable bonds is 9. The van der Waals surface area contributed by atoms with Gasteiger partial charge in [0.05, 0.1) is 0 Å². The lowest BCUT2D eigenvalue weighted by Gasteiger charge is -2.18. The van der Waals surface area contributed by atoms with E-state index >= 15 is 0 Å². The quantitative estimate of drug-likeness (QED) is 0.705. The molecule has 114 valence electrons. The molecule has 1 aromatic rings. The van der Waals surface area contributed by atoms with Crippen LogP contribution in [0, 0.1) is 0 Å². The van der Waals surface area contributed by atoms with Gasteiger partial charge in [-0.3, -0.25) is 0 Å². The van der Waals surface area contributed by atoms with Crippen LogP contribution in [0.2, 0.25) is 5.28 Å². The maximum Gasteiger partial charge on any atom is 0.231 e. The molecule has 1 N–H and O–H groups in total. The lowest BCUT2D eigenvalue weighted by Crippen LogP contribution is -2.25. The molecule has 0 radical (unpaired) electrons. The number of nitrogens with one attached hydrogen (secondary N) is 1. The molecule has 0 aliphatic heterocycles. The summed E-state index contributed by atoms with van der Waals surface area (Å²) in [4.78, 5) is 16.9. The molecule has 0 aliphatic rings. The zero-order valence-corrected chi connectivity index (χ0v) is 13.6. The van der Waals surface area contributed by atoms with Gasteiger partial charge >= 0.3 is 0 Å². The summed E-state index contributed by atoms with van der Waals surface area (Å²) in [5.74, 6) is 1.18. The minimum Gasteiger partial charge on any atom is -0.354 e. The van der Waals surface area contributed by atoms with Crippen LogP contribution in [0.3, 0.4) is 0 Å². The van der Waals surface area contributed by atoms with Gasteiger partial charge in [0.15, 0.2) is 0 Å². The zero-order chi connectivity index (χ0) is 15.0. The predicted octanol–water partition coefficient (Wildman–Crippen LogP) is 2.12. The predicted molar refractivity (Wildman–Crippen MR) is 84.7 cm³/mol. The molecule has 1 rings (SSSR count). The summed E-state index contributed by atoms with van der Waals surface area (Å²) in [6.07, 6.45) is 2.21. The molecule has 1 heterocycles. The van der Waals surface area contributed by atoms with Crippen molar-refractivity contribution in [3.8, 4) is 0 Å². The van der Waals surface area contributed by atoms with Crippen molar-refractivity contribution in [2.24, 2.45) is 0 Å².